The largest absolute Gasteiger partial charge is 0.497 e. The minimum atomic E-state index is -0.569. The van der Waals surface area contributed by atoms with Crippen molar-refractivity contribution in [3.05, 3.63) is 102 Å². The summed E-state index contributed by atoms with van der Waals surface area (Å²) in [5.74, 6) is 3.01. The van der Waals surface area contributed by atoms with Gasteiger partial charge in [0.2, 0.25) is 0 Å². The molecule has 6 rings (SSSR count). The highest BCUT2D eigenvalue weighted by atomic mass is 32.2. The Labute approximate surface area is 280 Å². The molecule has 0 bridgehead atoms. The van der Waals surface area contributed by atoms with E-state index in [4.69, 9.17) is 23.5 Å². The van der Waals surface area contributed by atoms with Crippen molar-refractivity contribution in [2.24, 2.45) is 5.41 Å². The zero-order chi connectivity index (χ0) is 32.8. The second-order valence-corrected chi connectivity index (χ2v) is 13.1. The highest BCUT2D eigenvalue weighted by Crippen LogP contribution is 2.37. The van der Waals surface area contributed by atoms with E-state index >= 15 is 0 Å². The first kappa shape index (κ1) is 32.4. The molecule has 0 radical (unpaired) electrons. The number of tetrazole rings is 1. The Morgan fingerprint density at radius 1 is 0.787 bits per heavy atom. The number of methoxy groups -OCH3 is 3. The average Bonchev–Trinajstić information content (AvgIpc) is 3.56. The van der Waals surface area contributed by atoms with Crippen molar-refractivity contribution in [3.8, 4) is 28.6 Å². The van der Waals surface area contributed by atoms with Gasteiger partial charge in [-0.1, -0.05) is 50.2 Å². The SMILES string of the molecule is COc1ccc(CN(Sc2cccc(B3OCC(C)(C)CO3)c2-c2nnnn2Cc2ccc(OC)cc2)c2ccc(OC)cc2)cc1. The summed E-state index contributed by atoms with van der Waals surface area (Å²) < 4.78 is 32.9. The van der Waals surface area contributed by atoms with Crippen molar-refractivity contribution < 1.29 is 23.5 Å². The molecule has 10 nitrogen and oxygen atoms in total. The van der Waals surface area contributed by atoms with Gasteiger partial charge in [-0.2, -0.15) is 0 Å². The van der Waals surface area contributed by atoms with Crippen LogP contribution < -0.4 is 24.0 Å². The number of rotatable bonds is 12. The van der Waals surface area contributed by atoms with Gasteiger partial charge in [0.1, 0.15) is 17.2 Å². The van der Waals surface area contributed by atoms with E-state index in [9.17, 15) is 0 Å². The molecule has 1 fully saturated rings. The molecule has 5 aromatic rings. The van der Waals surface area contributed by atoms with Crippen molar-refractivity contribution >= 4 is 30.2 Å². The Morgan fingerprint density at radius 3 is 1.96 bits per heavy atom. The number of hydrogen-bond donors (Lipinski definition) is 0. The van der Waals surface area contributed by atoms with Crippen LogP contribution in [0.2, 0.25) is 0 Å². The summed E-state index contributed by atoms with van der Waals surface area (Å²) in [4.78, 5) is 0.953. The van der Waals surface area contributed by atoms with Crippen molar-refractivity contribution in [1.82, 2.24) is 20.2 Å². The van der Waals surface area contributed by atoms with Gasteiger partial charge >= 0.3 is 7.12 Å². The molecule has 0 unspecified atom stereocenters. The van der Waals surface area contributed by atoms with Crippen LogP contribution in [0.1, 0.15) is 25.0 Å². The molecule has 1 aliphatic heterocycles. The monoisotopic (exact) mass is 651 g/mol. The standard InChI is InChI=1S/C35H38BN5O5S/c1-35(2)23-45-36(46-24-35)31-7-6-8-32(33(31)34-37-38-39-40(34)21-25-9-15-28(42-3)16-10-25)47-41(27-13-19-30(44-5)20-14-27)22-26-11-17-29(43-4)18-12-26/h6-20H,21-24H2,1-5H3. The number of benzene rings is 4. The summed E-state index contributed by atoms with van der Waals surface area (Å²) in [6.45, 7) is 6.50. The summed E-state index contributed by atoms with van der Waals surface area (Å²) in [5, 5.41) is 13.1. The van der Waals surface area contributed by atoms with Crippen LogP contribution in [0.4, 0.5) is 5.69 Å². The summed E-state index contributed by atoms with van der Waals surface area (Å²) in [5.41, 5.74) is 4.81. The van der Waals surface area contributed by atoms with Crippen molar-refractivity contribution in [2.75, 3.05) is 38.8 Å². The van der Waals surface area contributed by atoms with E-state index in [1.165, 1.54) is 0 Å². The molecule has 0 atom stereocenters. The second kappa shape index (κ2) is 14.5. The zero-order valence-corrected chi connectivity index (χ0v) is 28.1. The molecule has 47 heavy (non-hydrogen) atoms. The van der Waals surface area contributed by atoms with E-state index < -0.39 is 7.12 Å². The Kier molecular flexibility index (Phi) is 10.0. The average molecular weight is 652 g/mol. The van der Waals surface area contributed by atoms with Crippen LogP contribution in [0.3, 0.4) is 0 Å². The van der Waals surface area contributed by atoms with Crippen LogP contribution in [0.5, 0.6) is 17.2 Å². The highest BCUT2D eigenvalue weighted by Gasteiger charge is 2.37. The zero-order valence-electron chi connectivity index (χ0n) is 27.3. The van der Waals surface area contributed by atoms with Crippen LogP contribution in [0.25, 0.3) is 11.4 Å². The fourth-order valence-electron chi connectivity index (χ4n) is 5.27. The second-order valence-electron chi connectivity index (χ2n) is 12.0. The molecule has 242 valence electrons. The van der Waals surface area contributed by atoms with Crippen LogP contribution in [-0.2, 0) is 22.4 Å². The first-order valence-electron chi connectivity index (χ1n) is 15.3. The molecule has 1 aromatic heterocycles. The fraction of sp³-hybridized carbons (Fsp3) is 0.286. The summed E-state index contributed by atoms with van der Waals surface area (Å²) in [6.07, 6.45) is 0. The van der Waals surface area contributed by atoms with Gasteiger partial charge in [0, 0.05) is 34.8 Å². The molecular weight excluding hydrogens is 613 g/mol. The van der Waals surface area contributed by atoms with E-state index in [1.54, 1.807) is 33.3 Å². The lowest BCUT2D eigenvalue weighted by atomic mass is 9.73. The van der Waals surface area contributed by atoms with Gasteiger partial charge in [-0.15, -0.1) is 5.10 Å². The quantitative estimate of drug-likeness (QED) is 0.120. The lowest BCUT2D eigenvalue weighted by molar-refractivity contribution is 0.0343. The first-order valence-corrected chi connectivity index (χ1v) is 16.1. The van der Waals surface area contributed by atoms with Gasteiger partial charge in [-0.3, -0.25) is 0 Å². The molecule has 1 aliphatic rings. The van der Waals surface area contributed by atoms with Crippen LogP contribution in [-0.4, -0.2) is 61.9 Å². The van der Waals surface area contributed by atoms with E-state index in [-0.39, 0.29) is 5.41 Å². The number of ether oxygens (including phenoxy) is 3. The summed E-state index contributed by atoms with van der Waals surface area (Å²) >= 11 is 1.61. The summed E-state index contributed by atoms with van der Waals surface area (Å²) in [6, 6.07) is 30.2. The topological polar surface area (TPSA) is 93.0 Å². The molecule has 0 saturated carbocycles. The molecule has 0 amide bonds. The Bertz CT molecular complexity index is 1760. The molecular formula is C35H38BN5O5S. The predicted octanol–water partition coefficient (Wildman–Crippen LogP) is 5.90. The Hall–Kier alpha value is -4.52. The molecule has 2 heterocycles. The highest BCUT2D eigenvalue weighted by molar-refractivity contribution is 8.00. The molecule has 0 aliphatic carbocycles. The molecule has 12 heteroatoms. The smallest absolute Gasteiger partial charge is 0.494 e. The summed E-state index contributed by atoms with van der Waals surface area (Å²) in [7, 11) is 4.43. The van der Waals surface area contributed by atoms with Gasteiger partial charge in [-0.25, -0.2) is 4.68 Å². The maximum absolute atomic E-state index is 6.33. The lowest BCUT2D eigenvalue weighted by Gasteiger charge is -2.34. The van der Waals surface area contributed by atoms with Crippen LogP contribution in [0, 0.1) is 5.41 Å². The van der Waals surface area contributed by atoms with E-state index in [2.05, 4.69) is 64.0 Å². The first-order chi connectivity index (χ1) is 22.9. The van der Waals surface area contributed by atoms with Crippen molar-refractivity contribution in [1.29, 1.82) is 0 Å². The van der Waals surface area contributed by atoms with Crippen LogP contribution >= 0.6 is 11.9 Å². The third-order valence-electron chi connectivity index (χ3n) is 7.86. The van der Waals surface area contributed by atoms with Crippen molar-refractivity contribution in [3.63, 3.8) is 0 Å². The Balaban J connectivity index is 1.42. The molecule has 0 N–H and O–H groups in total. The van der Waals surface area contributed by atoms with Gasteiger partial charge in [0.25, 0.3) is 0 Å². The maximum atomic E-state index is 6.33. The third-order valence-corrected chi connectivity index (χ3v) is 8.96. The van der Waals surface area contributed by atoms with Crippen LogP contribution in [0.15, 0.2) is 95.9 Å². The predicted molar refractivity (Wildman–Crippen MR) is 184 cm³/mol. The van der Waals surface area contributed by atoms with Gasteiger partial charge in [0.05, 0.1) is 34.4 Å². The van der Waals surface area contributed by atoms with Gasteiger partial charge in [-0.05, 0) is 93.6 Å². The molecule has 4 aromatic carbocycles. The number of anilines is 1. The number of nitrogens with zero attached hydrogens (tertiary/aromatic N) is 5. The number of aromatic nitrogens is 4. The van der Waals surface area contributed by atoms with E-state index in [1.807, 2.05) is 65.3 Å². The van der Waals surface area contributed by atoms with Crippen molar-refractivity contribution in [2.45, 2.75) is 31.8 Å². The van der Waals surface area contributed by atoms with Gasteiger partial charge < -0.3 is 27.8 Å². The normalized spacial score (nSPS) is 14.1. The molecule has 1 saturated heterocycles. The number of hydrogen-bond acceptors (Lipinski definition) is 10. The fourth-order valence-corrected chi connectivity index (χ4v) is 6.38. The van der Waals surface area contributed by atoms with E-state index in [0.29, 0.717) is 32.1 Å². The third kappa shape index (κ3) is 7.73. The Morgan fingerprint density at radius 2 is 1.36 bits per heavy atom. The van der Waals surface area contributed by atoms with E-state index in [0.717, 1.165) is 50.0 Å². The maximum Gasteiger partial charge on any atom is 0.494 e. The van der Waals surface area contributed by atoms with Gasteiger partial charge in [0.15, 0.2) is 5.82 Å². The lowest BCUT2D eigenvalue weighted by Crippen LogP contribution is -2.48. The molecule has 0 spiro atoms. The minimum Gasteiger partial charge on any atom is -0.497 e. The minimum absolute atomic E-state index is 0.0809.